The van der Waals surface area contributed by atoms with Gasteiger partial charge in [-0.15, -0.1) is 6.58 Å². The Hall–Kier alpha value is -1.98. The van der Waals surface area contributed by atoms with E-state index in [1.54, 1.807) is 13.2 Å². The van der Waals surface area contributed by atoms with Crippen molar-refractivity contribution >= 4 is 0 Å². The van der Waals surface area contributed by atoms with E-state index in [1.165, 1.54) is 0 Å². The first-order valence-corrected chi connectivity index (χ1v) is 6.04. The van der Waals surface area contributed by atoms with Gasteiger partial charge in [0.15, 0.2) is 0 Å². The number of rotatable bonds is 6. The summed E-state index contributed by atoms with van der Waals surface area (Å²) >= 11 is 0. The number of nitrogens with zero attached hydrogens (tertiary/aromatic N) is 2. The maximum Gasteiger partial charge on any atom is 0.243 e. The van der Waals surface area contributed by atoms with Gasteiger partial charge < -0.3 is 15.0 Å². The smallest absolute Gasteiger partial charge is 0.243 e. The minimum atomic E-state index is -0.352. The van der Waals surface area contributed by atoms with Crippen LogP contribution in [0.15, 0.2) is 47.5 Å². The molecular weight excluding hydrogens is 242 g/mol. The minimum Gasteiger partial charge on any atom is -0.369 e. The van der Waals surface area contributed by atoms with E-state index in [0.717, 1.165) is 5.56 Å². The molecule has 0 aliphatic carbocycles. The summed E-state index contributed by atoms with van der Waals surface area (Å²) in [4.78, 5) is 4.30. The van der Waals surface area contributed by atoms with Gasteiger partial charge in [-0.2, -0.15) is 4.98 Å². The number of hydrogen-bond acceptors (Lipinski definition) is 5. The molecule has 0 aliphatic rings. The summed E-state index contributed by atoms with van der Waals surface area (Å²) in [5.41, 5.74) is 6.86. The van der Waals surface area contributed by atoms with E-state index in [-0.39, 0.29) is 12.1 Å². The molecule has 0 amide bonds. The topological polar surface area (TPSA) is 74.2 Å². The van der Waals surface area contributed by atoms with Crippen LogP contribution in [0.2, 0.25) is 0 Å². The fourth-order valence-electron chi connectivity index (χ4n) is 1.80. The minimum absolute atomic E-state index is 0.327. The summed E-state index contributed by atoms with van der Waals surface area (Å²) in [6.45, 7) is 3.64. The molecule has 19 heavy (non-hydrogen) atoms. The van der Waals surface area contributed by atoms with Gasteiger partial charge in [0.05, 0.1) is 6.04 Å². The molecule has 5 heteroatoms. The Morgan fingerprint density at radius 3 is 2.79 bits per heavy atom. The molecular formula is C14H17N3O2. The summed E-state index contributed by atoms with van der Waals surface area (Å²) < 4.78 is 10.6. The quantitative estimate of drug-likeness (QED) is 0.806. The van der Waals surface area contributed by atoms with Crippen LogP contribution in [0.1, 0.15) is 35.8 Å². The Morgan fingerprint density at radius 1 is 1.42 bits per heavy atom. The van der Waals surface area contributed by atoms with Crippen LogP contribution in [0.3, 0.4) is 0 Å². The molecule has 2 rings (SSSR count). The van der Waals surface area contributed by atoms with Crippen LogP contribution < -0.4 is 5.73 Å². The van der Waals surface area contributed by atoms with Crippen LogP contribution in [-0.2, 0) is 4.74 Å². The lowest BCUT2D eigenvalue weighted by Crippen LogP contribution is -2.10. The van der Waals surface area contributed by atoms with E-state index in [9.17, 15) is 0 Å². The van der Waals surface area contributed by atoms with Crippen molar-refractivity contribution in [2.75, 3.05) is 7.11 Å². The van der Waals surface area contributed by atoms with Crippen molar-refractivity contribution in [3.05, 3.63) is 60.3 Å². The van der Waals surface area contributed by atoms with Crippen LogP contribution in [-0.4, -0.2) is 17.3 Å². The second-order valence-electron chi connectivity index (χ2n) is 4.15. The van der Waals surface area contributed by atoms with E-state index in [0.29, 0.717) is 18.1 Å². The highest BCUT2D eigenvalue weighted by Crippen LogP contribution is 2.24. The maximum absolute atomic E-state index is 5.89. The Bertz CT molecular complexity index is 524. The number of methoxy groups -OCH3 is 1. The van der Waals surface area contributed by atoms with Crippen LogP contribution in [0, 0.1) is 0 Å². The Labute approximate surface area is 112 Å². The zero-order valence-corrected chi connectivity index (χ0v) is 10.8. The van der Waals surface area contributed by atoms with Gasteiger partial charge in [-0.1, -0.05) is 41.6 Å². The first kappa shape index (κ1) is 13.5. The normalized spacial score (nSPS) is 14.0. The van der Waals surface area contributed by atoms with E-state index in [2.05, 4.69) is 16.7 Å². The first-order valence-electron chi connectivity index (χ1n) is 6.04. The second kappa shape index (κ2) is 6.26. The highest BCUT2D eigenvalue weighted by Gasteiger charge is 2.21. The average molecular weight is 259 g/mol. The van der Waals surface area contributed by atoms with Gasteiger partial charge in [-0.3, -0.25) is 0 Å². The molecule has 2 atom stereocenters. The molecule has 1 aromatic carbocycles. The summed E-state index contributed by atoms with van der Waals surface area (Å²) in [5, 5.41) is 3.94. The first-order chi connectivity index (χ1) is 9.26. The van der Waals surface area contributed by atoms with E-state index in [1.807, 2.05) is 30.3 Å². The van der Waals surface area contributed by atoms with Crippen LogP contribution in [0.5, 0.6) is 0 Å². The third-order valence-electron chi connectivity index (χ3n) is 2.77. The molecule has 0 saturated heterocycles. The Balaban J connectivity index is 2.23. The standard InChI is InChI=1S/C14H17N3O2/c1-3-7-11(15)14-16-13(17-19-14)12(18-2)10-8-5-4-6-9-10/h3-6,8-9,11-12H,1,7,15H2,2H3. The van der Waals surface area contributed by atoms with Gasteiger partial charge in [-0.25, -0.2) is 0 Å². The lowest BCUT2D eigenvalue weighted by Gasteiger charge is -2.10. The SMILES string of the molecule is C=CCC(N)c1nc(C(OC)c2ccccc2)no1. The monoisotopic (exact) mass is 259 g/mol. The van der Waals surface area contributed by atoms with Crippen molar-refractivity contribution < 1.29 is 9.26 Å². The molecule has 2 N–H and O–H groups in total. The third-order valence-corrected chi connectivity index (χ3v) is 2.77. The molecule has 0 spiro atoms. The fraction of sp³-hybridized carbons (Fsp3) is 0.286. The van der Waals surface area contributed by atoms with Gasteiger partial charge in [0.2, 0.25) is 11.7 Å². The molecule has 2 aromatic rings. The summed E-state index contributed by atoms with van der Waals surface area (Å²) in [6, 6.07) is 9.39. The van der Waals surface area contributed by atoms with Crippen molar-refractivity contribution in [1.82, 2.24) is 10.1 Å². The number of ether oxygens (including phenoxy) is 1. The van der Waals surface area contributed by atoms with Gasteiger partial charge in [0.1, 0.15) is 6.10 Å². The summed E-state index contributed by atoms with van der Waals surface area (Å²) in [7, 11) is 1.61. The maximum atomic E-state index is 5.89. The van der Waals surface area contributed by atoms with Crippen LogP contribution in [0.25, 0.3) is 0 Å². The van der Waals surface area contributed by atoms with Crippen LogP contribution in [0.4, 0.5) is 0 Å². The molecule has 100 valence electrons. The average Bonchev–Trinajstić information content (AvgIpc) is 2.91. The molecule has 0 fully saturated rings. The van der Waals surface area contributed by atoms with Crippen molar-refractivity contribution in [3.8, 4) is 0 Å². The summed E-state index contributed by atoms with van der Waals surface area (Å²) in [5.74, 6) is 0.871. The van der Waals surface area contributed by atoms with Crippen molar-refractivity contribution in [1.29, 1.82) is 0 Å². The number of nitrogens with two attached hydrogens (primary N) is 1. The highest BCUT2D eigenvalue weighted by molar-refractivity contribution is 5.22. The lowest BCUT2D eigenvalue weighted by atomic mass is 10.1. The van der Waals surface area contributed by atoms with Crippen molar-refractivity contribution in [2.24, 2.45) is 5.73 Å². The fourth-order valence-corrected chi connectivity index (χ4v) is 1.80. The predicted octanol–water partition coefficient (Wildman–Crippen LogP) is 2.38. The molecule has 0 aliphatic heterocycles. The molecule has 5 nitrogen and oxygen atoms in total. The largest absolute Gasteiger partial charge is 0.369 e. The molecule has 0 saturated carbocycles. The van der Waals surface area contributed by atoms with Gasteiger partial charge in [0.25, 0.3) is 0 Å². The number of benzene rings is 1. The highest BCUT2D eigenvalue weighted by atomic mass is 16.5. The molecule has 0 radical (unpaired) electrons. The molecule has 2 unspecified atom stereocenters. The third kappa shape index (κ3) is 3.07. The van der Waals surface area contributed by atoms with Gasteiger partial charge in [-0.05, 0) is 12.0 Å². The second-order valence-corrected chi connectivity index (χ2v) is 4.15. The van der Waals surface area contributed by atoms with E-state index < -0.39 is 0 Å². The van der Waals surface area contributed by atoms with E-state index in [4.69, 9.17) is 15.0 Å². The van der Waals surface area contributed by atoms with Gasteiger partial charge in [0, 0.05) is 7.11 Å². The molecule has 0 bridgehead atoms. The summed E-state index contributed by atoms with van der Waals surface area (Å²) in [6.07, 6.45) is 1.96. The van der Waals surface area contributed by atoms with Crippen molar-refractivity contribution in [2.45, 2.75) is 18.6 Å². The zero-order valence-electron chi connectivity index (χ0n) is 10.8. The number of aromatic nitrogens is 2. The van der Waals surface area contributed by atoms with Gasteiger partial charge >= 0.3 is 0 Å². The van der Waals surface area contributed by atoms with Crippen LogP contribution >= 0.6 is 0 Å². The Kier molecular flexibility index (Phi) is 4.43. The molecule has 1 aromatic heterocycles. The Morgan fingerprint density at radius 2 is 2.16 bits per heavy atom. The molecule has 1 heterocycles. The lowest BCUT2D eigenvalue weighted by molar-refractivity contribution is 0.126. The predicted molar refractivity (Wildman–Crippen MR) is 71.3 cm³/mol. The zero-order chi connectivity index (χ0) is 13.7. The number of hydrogen-bond donors (Lipinski definition) is 1. The van der Waals surface area contributed by atoms with Crippen molar-refractivity contribution in [3.63, 3.8) is 0 Å². The van der Waals surface area contributed by atoms with E-state index >= 15 is 0 Å².